The first kappa shape index (κ1) is 28.3. The Balaban J connectivity index is 1.87. The lowest BCUT2D eigenvalue weighted by Crippen LogP contribution is -2.25. The van der Waals surface area contributed by atoms with Crippen molar-refractivity contribution in [2.75, 3.05) is 11.9 Å². The molecule has 0 unspecified atom stereocenters. The van der Waals surface area contributed by atoms with Crippen LogP contribution in [0.25, 0.3) is 16.5 Å². The van der Waals surface area contributed by atoms with Crippen molar-refractivity contribution in [1.82, 2.24) is 9.78 Å². The molecule has 2 aromatic heterocycles. The van der Waals surface area contributed by atoms with Gasteiger partial charge in [-0.25, -0.2) is 4.79 Å². The number of benzene rings is 2. The molecule has 39 heavy (non-hydrogen) atoms. The Morgan fingerprint density at radius 2 is 1.62 bits per heavy atom. The Kier molecular flexibility index (Phi) is 7.58. The molecule has 0 atom stereocenters. The normalized spacial score (nSPS) is 12.0. The van der Waals surface area contributed by atoms with E-state index in [0.717, 1.165) is 16.0 Å². The number of anilines is 1. The molecule has 2 heterocycles. The van der Waals surface area contributed by atoms with Crippen LogP contribution in [0.5, 0.6) is 0 Å². The molecule has 1 N–H and O–H groups in total. The van der Waals surface area contributed by atoms with Gasteiger partial charge in [0.25, 0.3) is 11.5 Å². The molecule has 4 rings (SSSR count). The number of esters is 1. The number of halogens is 7. The number of ether oxygens (including phenoxy) is 1. The lowest BCUT2D eigenvalue weighted by molar-refractivity contribution is -0.143. The maximum atomic E-state index is 13.4. The first-order valence-electron chi connectivity index (χ1n) is 10.8. The molecular formula is C24H14BrF6N3O4S. The highest BCUT2D eigenvalue weighted by molar-refractivity contribution is 9.10. The largest absolute Gasteiger partial charge is 0.461 e. The van der Waals surface area contributed by atoms with Crippen LogP contribution in [0.3, 0.4) is 0 Å². The van der Waals surface area contributed by atoms with Crippen LogP contribution in [0, 0.1) is 0 Å². The minimum Gasteiger partial charge on any atom is -0.461 e. The van der Waals surface area contributed by atoms with Crippen LogP contribution < -0.4 is 10.9 Å². The zero-order valence-electron chi connectivity index (χ0n) is 19.4. The number of carbonyl (C=O) groups excluding carboxylic acids is 2. The van der Waals surface area contributed by atoms with E-state index in [1.165, 1.54) is 17.5 Å². The molecule has 0 radical (unpaired) electrons. The SMILES string of the molecule is CCOC(=O)c1nn(-c2ccc(Br)cc2)c(=O)c2c(NC(=O)c3cc(C(F)(F)F)cc(C(F)(F)F)c3)scc12. The molecule has 1 amide bonds. The summed E-state index contributed by atoms with van der Waals surface area (Å²) in [5.74, 6) is -2.23. The van der Waals surface area contributed by atoms with E-state index in [9.17, 15) is 40.7 Å². The molecule has 0 aliphatic carbocycles. The van der Waals surface area contributed by atoms with Gasteiger partial charge in [-0.3, -0.25) is 9.59 Å². The Morgan fingerprint density at radius 1 is 1.03 bits per heavy atom. The zero-order chi connectivity index (χ0) is 28.7. The molecule has 0 fully saturated rings. The van der Waals surface area contributed by atoms with E-state index in [0.29, 0.717) is 4.47 Å². The van der Waals surface area contributed by atoms with Crippen molar-refractivity contribution in [3.05, 3.63) is 85.1 Å². The van der Waals surface area contributed by atoms with Crippen molar-refractivity contribution in [3.8, 4) is 5.69 Å². The van der Waals surface area contributed by atoms with Gasteiger partial charge in [0.2, 0.25) is 0 Å². The summed E-state index contributed by atoms with van der Waals surface area (Å²) in [5.41, 5.74) is -5.16. The summed E-state index contributed by atoms with van der Waals surface area (Å²) in [5, 5.41) is 7.13. The number of carbonyl (C=O) groups is 2. The van der Waals surface area contributed by atoms with Gasteiger partial charge in [0.15, 0.2) is 5.69 Å². The van der Waals surface area contributed by atoms with Crippen molar-refractivity contribution in [2.45, 2.75) is 19.3 Å². The second-order valence-electron chi connectivity index (χ2n) is 7.86. The van der Waals surface area contributed by atoms with Crippen molar-refractivity contribution in [3.63, 3.8) is 0 Å². The second kappa shape index (κ2) is 10.4. The lowest BCUT2D eigenvalue weighted by Gasteiger charge is -2.14. The predicted octanol–water partition coefficient (Wildman–Crippen LogP) is 6.68. The topological polar surface area (TPSA) is 90.3 Å². The predicted molar refractivity (Wildman–Crippen MR) is 133 cm³/mol. The van der Waals surface area contributed by atoms with Crippen LogP contribution in [-0.2, 0) is 17.1 Å². The maximum absolute atomic E-state index is 13.4. The lowest BCUT2D eigenvalue weighted by atomic mass is 10.0. The van der Waals surface area contributed by atoms with Gasteiger partial charge in [-0.2, -0.15) is 36.1 Å². The van der Waals surface area contributed by atoms with Crippen molar-refractivity contribution >= 4 is 54.9 Å². The number of hydrogen-bond acceptors (Lipinski definition) is 6. The highest BCUT2D eigenvalue weighted by Gasteiger charge is 2.37. The quantitative estimate of drug-likeness (QED) is 0.196. The highest BCUT2D eigenvalue weighted by atomic mass is 79.9. The summed E-state index contributed by atoms with van der Waals surface area (Å²) in [6, 6.07) is 6.64. The molecule has 0 aliphatic heterocycles. The fourth-order valence-electron chi connectivity index (χ4n) is 3.51. The minimum atomic E-state index is -5.16. The van der Waals surface area contributed by atoms with Crippen LogP contribution in [0.1, 0.15) is 38.9 Å². The first-order valence-corrected chi connectivity index (χ1v) is 12.5. The second-order valence-corrected chi connectivity index (χ2v) is 9.66. The van der Waals surface area contributed by atoms with Crippen LogP contribution in [0.2, 0.25) is 0 Å². The van der Waals surface area contributed by atoms with E-state index in [2.05, 4.69) is 26.3 Å². The van der Waals surface area contributed by atoms with E-state index in [1.807, 2.05) is 0 Å². The van der Waals surface area contributed by atoms with E-state index in [-0.39, 0.29) is 52.0 Å². The number of alkyl halides is 6. The molecule has 0 saturated heterocycles. The van der Waals surface area contributed by atoms with Gasteiger partial charge in [-0.05, 0) is 49.4 Å². The average molecular weight is 634 g/mol. The van der Waals surface area contributed by atoms with Gasteiger partial charge in [0.05, 0.1) is 28.8 Å². The highest BCUT2D eigenvalue weighted by Crippen LogP contribution is 2.37. The molecule has 15 heteroatoms. The van der Waals surface area contributed by atoms with Crippen molar-refractivity contribution in [1.29, 1.82) is 0 Å². The maximum Gasteiger partial charge on any atom is 0.416 e. The summed E-state index contributed by atoms with van der Waals surface area (Å²) in [7, 11) is 0. The third-order valence-electron chi connectivity index (χ3n) is 5.27. The average Bonchev–Trinajstić information content (AvgIpc) is 3.27. The Bertz CT molecular complexity index is 1610. The van der Waals surface area contributed by atoms with Crippen molar-refractivity contribution in [2.24, 2.45) is 0 Å². The van der Waals surface area contributed by atoms with Crippen LogP contribution >= 0.6 is 27.3 Å². The third kappa shape index (κ3) is 5.83. The van der Waals surface area contributed by atoms with E-state index in [1.54, 1.807) is 19.1 Å². The van der Waals surface area contributed by atoms with Crippen LogP contribution in [-0.4, -0.2) is 28.3 Å². The molecule has 4 aromatic rings. The number of thiophene rings is 1. The Labute approximate surface area is 227 Å². The number of amides is 1. The number of nitrogens with one attached hydrogen (secondary N) is 1. The van der Waals surface area contributed by atoms with Gasteiger partial charge in [0, 0.05) is 20.8 Å². The summed E-state index contributed by atoms with van der Waals surface area (Å²) < 4.78 is 86.1. The number of nitrogens with zero attached hydrogens (tertiary/aromatic N) is 2. The van der Waals surface area contributed by atoms with Crippen LogP contribution in [0.15, 0.2) is 57.1 Å². The van der Waals surface area contributed by atoms with E-state index >= 15 is 0 Å². The van der Waals surface area contributed by atoms with Gasteiger partial charge in [0.1, 0.15) is 5.00 Å². The number of aromatic nitrogens is 2. The third-order valence-corrected chi connectivity index (χ3v) is 6.69. The molecule has 0 aliphatic rings. The van der Waals surface area contributed by atoms with Crippen molar-refractivity contribution < 1.29 is 40.7 Å². The van der Waals surface area contributed by atoms with E-state index < -0.39 is 46.5 Å². The molecule has 0 saturated carbocycles. The van der Waals surface area contributed by atoms with Gasteiger partial charge < -0.3 is 10.1 Å². The number of fused-ring (bicyclic) bond motifs is 1. The Hall–Kier alpha value is -3.72. The molecule has 204 valence electrons. The zero-order valence-corrected chi connectivity index (χ0v) is 21.8. The summed E-state index contributed by atoms with van der Waals surface area (Å²) >= 11 is 3.99. The Morgan fingerprint density at radius 3 is 2.15 bits per heavy atom. The molecule has 7 nitrogen and oxygen atoms in total. The van der Waals surface area contributed by atoms with Gasteiger partial charge in [-0.15, -0.1) is 11.3 Å². The van der Waals surface area contributed by atoms with Crippen LogP contribution in [0.4, 0.5) is 31.3 Å². The number of hydrogen-bond donors (Lipinski definition) is 1. The summed E-state index contributed by atoms with van der Waals surface area (Å²) in [6.07, 6.45) is -10.3. The summed E-state index contributed by atoms with van der Waals surface area (Å²) in [4.78, 5) is 38.9. The van der Waals surface area contributed by atoms with Gasteiger partial charge >= 0.3 is 18.3 Å². The minimum absolute atomic E-state index is 0.0212. The molecule has 2 aromatic carbocycles. The fraction of sp³-hybridized carbons (Fsp3) is 0.167. The molecular weight excluding hydrogens is 620 g/mol. The standard InChI is InChI=1S/C24H14BrF6N3O4S/c1-2-38-22(37)18-16-10-39-20(17(16)21(36)34(33-18)15-5-3-14(25)4-6-15)32-19(35)11-7-12(23(26,27)28)9-13(8-11)24(29,30)31/h3-10H,2H2,1H3,(H,32,35). The number of rotatable bonds is 5. The van der Waals surface area contributed by atoms with E-state index in [4.69, 9.17) is 4.74 Å². The van der Waals surface area contributed by atoms with Gasteiger partial charge in [-0.1, -0.05) is 15.9 Å². The smallest absolute Gasteiger partial charge is 0.416 e. The first-order chi connectivity index (χ1) is 18.2. The molecule has 0 bridgehead atoms. The fourth-order valence-corrected chi connectivity index (χ4v) is 4.71. The monoisotopic (exact) mass is 633 g/mol. The summed E-state index contributed by atoms with van der Waals surface area (Å²) in [6.45, 7) is 1.52. The molecule has 0 spiro atoms.